The molecule has 1 aromatic rings. The molecule has 2 nitrogen and oxygen atoms in total. The maximum absolute atomic E-state index is 11.7. The minimum absolute atomic E-state index is 0.191. The maximum atomic E-state index is 11.7. The van der Waals surface area contributed by atoms with Crippen LogP contribution in [0.5, 0.6) is 5.75 Å². The summed E-state index contributed by atoms with van der Waals surface area (Å²) >= 11 is 0. The van der Waals surface area contributed by atoms with E-state index in [-0.39, 0.29) is 5.97 Å². The van der Waals surface area contributed by atoms with Crippen LogP contribution < -0.4 is 4.74 Å². The molecule has 0 unspecified atom stereocenters. The largest absolute Gasteiger partial charge is 0.426 e. The number of esters is 1. The summed E-state index contributed by atoms with van der Waals surface area (Å²) in [5, 5.41) is 0. The Morgan fingerprint density at radius 2 is 1.17 bits per heavy atom. The van der Waals surface area contributed by atoms with E-state index in [1.165, 1.54) is 96.3 Å². The molecule has 0 radical (unpaired) electrons. The number of benzene rings is 1. The lowest BCUT2D eigenvalue weighted by Gasteiger charge is -2.03. The first-order valence-electron chi connectivity index (χ1n) is 12.2. The number of rotatable bonds is 19. The van der Waals surface area contributed by atoms with E-state index >= 15 is 0 Å². The van der Waals surface area contributed by atoms with Crippen LogP contribution in [0.15, 0.2) is 42.5 Å². The Kier molecular flexibility index (Phi) is 17.3. The summed E-state index contributed by atoms with van der Waals surface area (Å²) in [4.78, 5) is 11.7. The molecule has 0 heterocycles. The molecule has 0 bridgehead atoms. The molecule has 0 fully saturated rings. The quantitative estimate of drug-likeness (QED) is 0.100. The SMILES string of the molecule is CCCCCCCCCCCCCCCCC/C=C/CC(=O)Oc1ccccc1. The van der Waals surface area contributed by atoms with Crippen molar-refractivity contribution in [3.05, 3.63) is 42.5 Å². The third kappa shape index (κ3) is 17.0. The van der Waals surface area contributed by atoms with E-state index in [0.29, 0.717) is 12.2 Å². The molecule has 1 aromatic carbocycles. The van der Waals surface area contributed by atoms with E-state index in [1.54, 1.807) is 12.1 Å². The molecule has 0 saturated heterocycles. The van der Waals surface area contributed by atoms with Gasteiger partial charge in [0.2, 0.25) is 0 Å². The van der Waals surface area contributed by atoms with Crippen LogP contribution in [0.2, 0.25) is 0 Å². The van der Waals surface area contributed by atoms with Gasteiger partial charge in [0, 0.05) is 0 Å². The highest BCUT2D eigenvalue weighted by Crippen LogP contribution is 2.14. The highest BCUT2D eigenvalue weighted by atomic mass is 16.5. The molecular weight excluding hydrogens is 356 g/mol. The van der Waals surface area contributed by atoms with Crippen molar-refractivity contribution in [2.24, 2.45) is 0 Å². The predicted molar refractivity (Wildman–Crippen MR) is 125 cm³/mol. The van der Waals surface area contributed by atoms with E-state index in [0.717, 1.165) is 6.42 Å². The smallest absolute Gasteiger partial charge is 0.315 e. The topological polar surface area (TPSA) is 26.3 Å². The van der Waals surface area contributed by atoms with Gasteiger partial charge in [0.05, 0.1) is 6.42 Å². The Morgan fingerprint density at radius 1 is 0.690 bits per heavy atom. The molecule has 2 heteroatoms. The zero-order chi connectivity index (χ0) is 20.8. The molecule has 0 aliphatic rings. The molecule has 0 aliphatic heterocycles. The summed E-state index contributed by atoms with van der Waals surface area (Å²) in [5.74, 6) is 0.428. The number of para-hydroxylation sites is 1. The first-order valence-corrected chi connectivity index (χ1v) is 12.2. The Morgan fingerprint density at radius 3 is 1.69 bits per heavy atom. The van der Waals surface area contributed by atoms with Crippen LogP contribution in [-0.2, 0) is 4.79 Å². The molecule has 0 amide bonds. The summed E-state index contributed by atoms with van der Waals surface area (Å²) < 4.78 is 5.26. The molecule has 0 aliphatic carbocycles. The van der Waals surface area contributed by atoms with Crippen molar-refractivity contribution in [2.75, 3.05) is 0 Å². The number of unbranched alkanes of at least 4 members (excludes halogenated alkanes) is 15. The highest BCUT2D eigenvalue weighted by molar-refractivity contribution is 5.73. The van der Waals surface area contributed by atoms with Crippen LogP contribution >= 0.6 is 0 Å². The van der Waals surface area contributed by atoms with Gasteiger partial charge in [0.25, 0.3) is 0 Å². The molecule has 0 N–H and O–H groups in total. The van der Waals surface area contributed by atoms with E-state index in [4.69, 9.17) is 4.74 Å². The Bertz CT molecular complexity index is 507. The summed E-state index contributed by atoms with van der Waals surface area (Å²) in [6.45, 7) is 2.28. The summed E-state index contributed by atoms with van der Waals surface area (Å²) in [5.41, 5.74) is 0. The molecule has 164 valence electrons. The van der Waals surface area contributed by atoms with E-state index in [2.05, 4.69) is 13.0 Å². The van der Waals surface area contributed by atoms with Gasteiger partial charge in [0.1, 0.15) is 5.75 Å². The van der Waals surface area contributed by atoms with Crippen molar-refractivity contribution >= 4 is 5.97 Å². The Labute approximate surface area is 180 Å². The Balaban J connectivity index is 1.78. The first-order chi connectivity index (χ1) is 14.3. The predicted octanol–water partition coefficient (Wildman–Crippen LogP) is 8.80. The standard InChI is InChI=1S/C27H44O2/c1-2-3-4-5-6-7-8-9-10-11-12-13-14-15-16-17-18-22-25-27(28)29-26-23-20-19-21-24-26/h18-24H,2-17,25H2,1H3/b22-18+. The van der Waals surface area contributed by atoms with Crippen molar-refractivity contribution in [1.82, 2.24) is 0 Å². The van der Waals surface area contributed by atoms with Crippen molar-refractivity contribution in [3.63, 3.8) is 0 Å². The minimum atomic E-state index is -0.191. The van der Waals surface area contributed by atoms with Gasteiger partial charge in [-0.2, -0.15) is 0 Å². The van der Waals surface area contributed by atoms with E-state index < -0.39 is 0 Å². The highest BCUT2D eigenvalue weighted by Gasteiger charge is 2.01. The van der Waals surface area contributed by atoms with Gasteiger partial charge in [0.15, 0.2) is 0 Å². The third-order valence-corrected chi connectivity index (χ3v) is 5.40. The number of carbonyl (C=O) groups excluding carboxylic acids is 1. The van der Waals surface area contributed by atoms with Gasteiger partial charge in [-0.15, -0.1) is 0 Å². The lowest BCUT2D eigenvalue weighted by Crippen LogP contribution is -2.05. The molecule has 0 atom stereocenters. The van der Waals surface area contributed by atoms with Gasteiger partial charge < -0.3 is 4.74 Å². The van der Waals surface area contributed by atoms with Crippen LogP contribution in [0.3, 0.4) is 0 Å². The molecular formula is C27H44O2. The van der Waals surface area contributed by atoms with Crippen molar-refractivity contribution in [2.45, 2.75) is 116 Å². The molecule has 29 heavy (non-hydrogen) atoms. The molecule has 1 rings (SSSR count). The zero-order valence-corrected chi connectivity index (χ0v) is 18.9. The number of hydrogen-bond acceptors (Lipinski definition) is 2. The molecule has 0 aromatic heterocycles. The van der Waals surface area contributed by atoms with Gasteiger partial charge in [-0.25, -0.2) is 0 Å². The monoisotopic (exact) mass is 400 g/mol. The van der Waals surface area contributed by atoms with E-state index in [9.17, 15) is 4.79 Å². The Hall–Kier alpha value is -1.57. The minimum Gasteiger partial charge on any atom is -0.426 e. The van der Waals surface area contributed by atoms with Gasteiger partial charge in [-0.3, -0.25) is 4.79 Å². The van der Waals surface area contributed by atoms with Crippen LogP contribution in [-0.4, -0.2) is 5.97 Å². The third-order valence-electron chi connectivity index (χ3n) is 5.40. The fraction of sp³-hybridized carbons (Fsp3) is 0.667. The van der Waals surface area contributed by atoms with Crippen LogP contribution in [0, 0.1) is 0 Å². The average Bonchev–Trinajstić information content (AvgIpc) is 2.73. The van der Waals surface area contributed by atoms with E-state index in [1.807, 2.05) is 24.3 Å². The average molecular weight is 401 g/mol. The second kappa shape index (κ2) is 19.7. The lowest BCUT2D eigenvalue weighted by molar-refractivity contribution is -0.133. The zero-order valence-electron chi connectivity index (χ0n) is 18.9. The van der Waals surface area contributed by atoms with Crippen LogP contribution in [0.1, 0.15) is 116 Å². The molecule has 0 spiro atoms. The van der Waals surface area contributed by atoms with Gasteiger partial charge >= 0.3 is 5.97 Å². The maximum Gasteiger partial charge on any atom is 0.315 e. The molecule has 0 saturated carbocycles. The van der Waals surface area contributed by atoms with Crippen LogP contribution in [0.4, 0.5) is 0 Å². The number of hydrogen-bond donors (Lipinski definition) is 0. The van der Waals surface area contributed by atoms with Crippen molar-refractivity contribution < 1.29 is 9.53 Å². The van der Waals surface area contributed by atoms with Crippen molar-refractivity contribution in [1.29, 1.82) is 0 Å². The van der Waals surface area contributed by atoms with Crippen LogP contribution in [0.25, 0.3) is 0 Å². The summed E-state index contributed by atoms with van der Waals surface area (Å²) in [6.07, 6.45) is 26.4. The number of allylic oxidation sites excluding steroid dienone is 1. The summed E-state index contributed by atoms with van der Waals surface area (Å²) in [7, 11) is 0. The fourth-order valence-corrected chi connectivity index (χ4v) is 3.59. The number of ether oxygens (including phenoxy) is 1. The second-order valence-electron chi connectivity index (χ2n) is 8.20. The van der Waals surface area contributed by atoms with Gasteiger partial charge in [-0.1, -0.05) is 127 Å². The van der Waals surface area contributed by atoms with Gasteiger partial charge in [-0.05, 0) is 25.0 Å². The lowest BCUT2D eigenvalue weighted by atomic mass is 10.0. The second-order valence-corrected chi connectivity index (χ2v) is 8.20. The first kappa shape index (κ1) is 25.5. The summed E-state index contributed by atoms with van der Waals surface area (Å²) in [6, 6.07) is 9.26. The normalized spacial score (nSPS) is 11.2. The van der Waals surface area contributed by atoms with Crippen molar-refractivity contribution in [3.8, 4) is 5.75 Å². The number of carbonyl (C=O) groups is 1. The fourth-order valence-electron chi connectivity index (χ4n) is 3.59.